The second-order valence-corrected chi connectivity index (χ2v) is 6.92. The number of phenols is 1. The van der Waals surface area contributed by atoms with Crippen LogP contribution in [0.5, 0.6) is 11.5 Å². The number of thiazole rings is 1. The normalized spacial score (nSPS) is 10.9. The fourth-order valence-electron chi connectivity index (χ4n) is 2.23. The number of nitrogens with zero attached hydrogens (tertiary/aromatic N) is 3. The van der Waals surface area contributed by atoms with E-state index in [4.69, 9.17) is 4.74 Å². The number of nitrogens with one attached hydrogen (secondary N) is 1. The third-order valence-electron chi connectivity index (χ3n) is 3.35. The monoisotopic (exact) mass is 356 g/mol. The lowest BCUT2D eigenvalue weighted by Crippen LogP contribution is -1.87. The zero-order valence-corrected chi connectivity index (χ0v) is 14.2. The molecule has 0 aliphatic carbocycles. The van der Waals surface area contributed by atoms with Gasteiger partial charge in [-0.1, -0.05) is 40.9 Å². The molecule has 4 aromatic rings. The van der Waals surface area contributed by atoms with E-state index in [-0.39, 0.29) is 5.75 Å². The van der Waals surface area contributed by atoms with Gasteiger partial charge in [0.15, 0.2) is 5.13 Å². The number of phenolic OH excluding ortho intramolecular Hbond substituents is 1. The molecule has 0 saturated heterocycles. The lowest BCUT2D eigenvalue weighted by atomic mass is 10.2. The standard InChI is InChI=1S/C16H12N4O2S2/c1-22-10-5-2-4-9(8-10)14-19-20-16(24-14)18-15-17-13-11(21)6-3-7-12(13)23-15/h2-8,21H,1H3,(H,17,18,20). The van der Waals surface area contributed by atoms with Crippen molar-refractivity contribution in [1.29, 1.82) is 0 Å². The molecule has 0 saturated carbocycles. The van der Waals surface area contributed by atoms with Crippen molar-refractivity contribution in [3.63, 3.8) is 0 Å². The topological polar surface area (TPSA) is 80.2 Å². The van der Waals surface area contributed by atoms with Crippen molar-refractivity contribution >= 4 is 43.2 Å². The maximum atomic E-state index is 9.83. The maximum Gasteiger partial charge on any atom is 0.212 e. The molecular formula is C16H12N4O2S2. The zero-order chi connectivity index (χ0) is 16.5. The summed E-state index contributed by atoms with van der Waals surface area (Å²) in [5.74, 6) is 0.949. The molecule has 120 valence electrons. The molecule has 0 amide bonds. The van der Waals surface area contributed by atoms with E-state index in [1.54, 1.807) is 19.2 Å². The van der Waals surface area contributed by atoms with E-state index >= 15 is 0 Å². The number of hydrogen-bond acceptors (Lipinski definition) is 8. The summed E-state index contributed by atoms with van der Waals surface area (Å²) < 4.78 is 6.14. The first-order valence-electron chi connectivity index (χ1n) is 7.06. The molecule has 0 spiro atoms. The van der Waals surface area contributed by atoms with Gasteiger partial charge in [-0.05, 0) is 24.3 Å². The SMILES string of the molecule is COc1cccc(-c2nnc(Nc3nc4c(O)cccc4s3)s2)c1. The van der Waals surface area contributed by atoms with Crippen molar-refractivity contribution in [1.82, 2.24) is 15.2 Å². The molecule has 0 fully saturated rings. The van der Waals surface area contributed by atoms with Crippen LogP contribution in [-0.2, 0) is 0 Å². The van der Waals surface area contributed by atoms with Crippen LogP contribution in [0.4, 0.5) is 10.3 Å². The molecule has 2 N–H and O–H groups in total. The molecule has 0 aliphatic heterocycles. The second kappa shape index (κ2) is 6.06. The van der Waals surface area contributed by atoms with Gasteiger partial charge in [0.05, 0.1) is 11.8 Å². The Morgan fingerprint density at radius 1 is 1.04 bits per heavy atom. The summed E-state index contributed by atoms with van der Waals surface area (Å²) in [5, 5.41) is 23.4. The summed E-state index contributed by atoms with van der Waals surface area (Å²) in [6.07, 6.45) is 0. The summed E-state index contributed by atoms with van der Waals surface area (Å²) in [5.41, 5.74) is 1.53. The number of methoxy groups -OCH3 is 1. The van der Waals surface area contributed by atoms with Crippen LogP contribution < -0.4 is 10.1 Å². The van der Waals surface area contributed by atoms with E-state index in [9.17, 15) is 5.11 Å². The number of ether oxygens (including phenoxy) is 1. The number of hydrogen-bond donors (Lipinski definition) is 2. The highest BCUT2D eigenvalue weighted by Gasteiger charge is 2.11. The van der Waals surface area contributed by atoms with Gasteiger partial charge in [0, 0.05) is 5.56 Å². The molecule has 0 bridgehead atoms. The Hall–Kier alpha value is -2.71. The summed E-state index contributed by atoms with van der Waals surface area (Å²) in [4.78, 5) is 4.39. The molecule has 0 aliphatic rings. The van der Waals surface area contributed by atoms with Crippen LogP contribution in [-0.4, -0.2) is 27.4 Å². The smallest absolute Gasteiger partial charge is 0.212 e. The van der Waals surface area contributed by atoms with Gasteiger partial charge in [-0.3, -0.25) is 0 Å². The first kappa shape index (κ1) is 14.9. The predicted octanol–water partition coefficient (Wildman–Crippen LogP) is 4.27. The van der Waals surface area contributed by atoms with E-state index in [1.807, 2.05) is 30.3 Å². The third kappa shape index (κ3) is 2.77. The Morgan fingerprint density at radius 3 is 2.75 bits per heavy atom. The maximum absolute atomic E-state index is 9.83. The molecule has 6 nitrogen and oxygen atoms in total. The molecule has 4 rings (SSSR count). The second-order valence-electron chi connectivity index (χ2n) is 4.91. The van der Waals surface area contributed by atoms with E-state index in [2.05, 4.69) is 20.5 Å². The number of benzene rings is 2. The number of para-hydroxylation sites is 1. The van der Waals surface area contributed by atoms with E-state index < -0.39 is 0 Å². The van der Waals surface area contributed by atoms with Gasteiger partial charge >= 0.3 is 0 Å². The number of aromatic hydroxyl groups is 1. The van der Waals surface area contributed by atoms with Crippen LogP contribution in [0.1, 0.15) is 0 Å². The minimum absolute atomic E-state index is 0.172. The Bertz CT molecular complexity index is 1010. The van der Waals surface area contributed by atoms with Crippen LogP contribution >= 0.6 is 22.7 Å². The van der Waals surface area contributed by atoms with Crippen LogP contribution in [0.25, 0.3) is 20.8 Å². The number of aromatic nitrogens is 3. The Labute approximate surface area is 145 Å². The summed E-state index contributed by atoms with van der Waals surface area (Å²) in [6.45, 7) is 0. The highest BCUT2D eigenvalue weighted by molar-refractivity contribution is 7.23. The van der Waals surface area contributed by atoms with Crippen molar-refractivity contribution in [2.75, 3.05) is 12.4 Å². The summed E-state index contributed by atoms with van der Waals surface area (Å²) >= 11 is 2.88. The average Bonchev–Trinajstić information content (AvgIpc) is 3.23. The molecule has 0 atom stereocenters. The summed E-state index contributed by atoms with van der Waals surface area (Å²) in [7, 11) is 1.63. The lowest BCUT2D eigenvalue weighted by Gasteiger charge is -2.00. The molecular weight excluding hydrogens is 344 g/mol. The van der Waals surface area contributed by atoms with E-state index in [0.29, 0.717) is 15.8 Å². The van der Waals surface area contributed by atoms with E-state index in [0.717, 1.165) is 21.0 Å². The Kier molecular flexibility index (Phi) is 3.75. The van der Waals surface area contributed by atoms with Crippen LogP contribution in [0.15, 0.2) is 42.5 Å². The van der Waals surface area contributed by atoms with Gasteiger partial charge < -0.3 is 15.2 Å². The zero-order valence-electron chi connectivity index (χ0n) is 12.6. The molecule has 8 heteroatoms. The first-order valence-corrected chi connectivity index (χ1v) is 8.70. The van der Waals surface area contributed by atoms with Crippen LogP contribution in [0.3, 0.4) is 0 Å². The number of anilines is 2. The van der Waals surface area contributed by atoms with Crippen molar-refractivity contribution < 1.29 is 9.84 Å². The Morgan fingerprint density at radius 2 is 1.92 bits per heavy atom. The fraction of sp³-hybridized carbons (Fsp3) is 0.0625. The minimum atomic E-state index is 0.172. The quantitative estimate of drug-likeness (QED) is 0.568. The van der Waals surface area contributed by atoms with Gasteiger partial charge in [-0.2, -0.15) is 0 Å². The minimum Gasteiger partial charge on any atom is -0.506 e. The van der Waals surface area contributed by atoms with Gasteiger partial charge in [-0.15, -0.1) is 10.2 Å². The number of fused-ring (bicyclic) bond motifs is 1. The van der Waals surface area contributed by atoms with Gasteiger partial charge in [-0.25, -0.2) is 4.98 Å². The van der Waals surface area contributed by atoms with Crippen LogP contribution in [0, 0.1) is 0 Å². The van der Waals surface area contributed by atoms with Gasteiger partial charge in [0.1, 0.15) is 22.0 Å². The third-order valence-corrected chi connectivity index (χ3v) is 5.18. The number of rotatable bonds is 4. The summed E-state index contributed by atoms with van der Waals surface area (Å²) in [6, 6.07) is 13.0. The van der Waals surface area contributed by atoms with Gasteiger partial charge in [0.25, 0.3) is 0 Å². The lowest BCUT2D eigenvalue weighted by molar-refractivity contribution is 0.415. The van der Waals surface area contributed by atoms with Crippen molar-refractivity contribution in [2.45, 2.75) is 0 Å². The largest absolute Gasteiger partial charge is 0.506 e. The molecule has 24 heavy (non-hydrogen) atoms. The fourth-order valence-corrected chi connectivity index (χ4v) is 3.92. The molecule has 2 aromatic carbocycles. The van der Waals surface area contributed by atoms with Crippen LogP contribution in [0.2, 0.25) is 0 Å². The van der Waals surface area contributed by atoms with Crippen molar-refractivity contribution in [3.8, 4) is 22.1 Å². The molecule has 0 unspecified atom stereocenters. The molecule has 2 aromatic heterocycles. The molecule has 2 heterocycles. The average molecular weight is 356 g/mol. The van der Waals surface area contributed by atoms with Crippen molar-refractivity contribution in [2.24, 2.45) is 0 Å². The highest BCUT2D eigenvalue weighted by Crippen LogP contribution is 2.35. The molecule has 0 radical (unpaired) electrons. The Balaban J connectivity index is 1.61. The first-order chi connectivity index (χ1) is 11.7. The van der Waals surface area contributed by atoms with Crippen molar-refractivity contribution in [3.05, 3.63) is 42.5 Å². The van der Waals surface area contributed by atoms with Gasteiger partial charge in [0.2, 0.25) is 5.13 Å². The predicted molar refractivity (Wildman–Crippen MR) is 96.5 cm³/mol. The highest BCUT2D eigenvalue weighted by atomic mass is 32.1. The van der Waals surface area contributed by atoms with E-state index in [1.165, 1.54) is 22.7 Å².